The largest absolute Gasteiger partial charge is 0.396 e. The molecule has 0 radical (unpaired) electrons. The highest BCUT2D eigenvalue weighted by molar-refractivity contribution is 7.18. The van der Waals surface area contributed by atoms with Crippen molar-refractivity contribution >= 4 is 33.3 Å². The number of hydrogen-bond donors (Lipinski definition) is 3. The maximum absolute atomic E-state index is 9.45. The average Bonchev–Trinajstić information content (AvgIpc) is 3.16. The van der Waals surface area contributed by atoms with Gasteiger partial charge in [-0.3, -0.25) is 0 Å². The van der Waals surface area contributed by atoms with Crippen LogP contribution in [0.5, 0.6) is 0 Å². The average molecular weight is 306 g/mol. The SMILES string of the molecule is CCNc1nc(NCC2(CO)CC2)c2cc(CC)sc2n1. The molecule has 2 aromatic rings. The highest BCUT2D eigenvalue weighted by Crippen LogP contribution is 2.45. The minimum absolute atomic E-state index is 0.0687. The number of anilines is 2. The van der Waals surface area contributed by atoms with E-state index in [2.05, 4.69) is 33.6 Å². The lowest BCUT2D eigenvalue weighted by molar-refractivity contribution is 0.219. The second kappa shape index (κ2) is 5.77. The predicted octanol–water partition coefficient (Wildman–Crippen LogP) is 2.87. The van der Waals surface area contributed by atoms with Gasteiger partial charge in [0, 0.05) is 23.4 Å². The summed E-state index contributed by atoms with van der Waals surface area (Å²) in [6.07, 6.45) is 3.20. The van der Waals surface area contributed by atoms with E-state index in [0.29, 0.717) is 5.95 Å². The van der Waals surface area contributed by atoms with Gasteiger partial charge in [0.15, 0.2) is 0 Å². The first kappa shape index (κ1) is 14.5. The number of aryl methyl sites for hydroxylation is 1. The Morgan fingerprint density at radius 3 is 2.71 bits per heavy atom. The van der Waals surface area contributed by atoms with Crippen LogP contribution >= 0.6 is 11.3 Å². The molecule has 0 atom stereocenters. The van der Waals surface area contributed by atoms with E-state index < -0.39 is 0 Å². The van der Waals surface area contributed by atoms with Crippen molar-refractivity contribution in [1.82, 2.24) is 9.97 Å². The topological polar surface area (TPSA) is 70.1 Å². The molecule has 0 unspecified atom stereocenters. The van der Waals surface area contributed by atoms with Crippen LogP contribution < -0.4 is 10.6 Å². The number of aliphatic hydroxyl groups is 1. The maximum Gasteiger partial charge on any atom is 0.226 e. The van der Waals surface area contributed by atoms with Crippen LogP contribution in [0, 0.1) is 5.41 Å². The van der Waals surface area contributed by atoms with Gasteiger partial charge in [-0.05, 0) is 32.3 Å². The second-order valence-corrected chi connectivity index (χ2v) is 6.84. The molecule has 6 heteroatoms. The molecule has 0 aliphatic heterocycles. The van der Waals surface area contributed by atoms with Gasteiger partial charge in [0.05, 0.1) is 12.0 Å². The molecule has 0 spiro atoms. The molecule has 1 saturated carbocycles. The first-order chi connectivity index (χ1) is 10.2. The van der Waals surface area contributed by atoms with E-state index in [4.69, 9.17) is 0 Å². The molecule has 1 fully saturated rings. The molecule has 0 amide bonds. The van der Waals surface area contributed by atoms with Gasteiger partial charge >= 0.3 is 0 Å². The molecule has 5 nitrogen and oxygen atoms in total. The molecule has 0 bridgehead atoms. The van der Waals surface area contributed by atoms with Crippen molar-refractivity contribution in [2.24, 2.45) is 5.41 Å². The van der Waals surface area contributed by atoms with Gasteiger partial charge in [-0.1, -0.05) is 6.92 Å². The van der Waals surface area contributed by atoms with Crippen molar-refractivity contribution < 1.29 is 5.11 Å². The molecule has 0 saturated heterocycles. The quantitative estimate of drug-likeness (QED) is 0.734. The van der Waals surface area contributed by atoms with Gasteiger partial charge in [-0.15, -0.1) is 11.3 Å². The predicted molar refractivity (Wildman–Crippen MR) is 88.2 cm³/mol. The van der Waals surface area contributed by atoms with Crippen molar-refractivity contribution in [1.29, 1.82) is 0 Å². The molecule has 114 valence electrons. The third-order valence-electron chi connectivity index (χ3n) is 4.05. The zero-order valence-corrected chi connectivity index (χ0v) is 13.4. The summed E-state index contributed by atoms with van der Waals surface area (Å²) < 4.78 is 0. The van der Waals surface area contributed by atoms with E-state index in [1.54, 1.807) is 11.3 Å². The van der Waals surface area contributed by atoms with Gasteiger partial charge < -0.3 is 15.7 Å². The van der Waals surface area contributed by atoms with Crippen molar-refractivity contribution in [2.75, 3.05) is 30.3 Å². The normalized spacial score (nSPS) is 16.1. The van der Waals surface area contributed by atoms with E-state index in [0.717, 1.165) is 48.4 Å². The minimum atomic E-state index is 0.0687. The second-order valence-electron chi connectivity index (χ2n) is 5.72. The number of nitrogens with one attached hydrogen (secondary N) is 2. The molecule has 3 rings (SSSR count). The summed E-state index contributed by atoms with van der Waals surface area (Å²) >= 11 is 1.73. The number of rotatable bonds is 7. The summed E-state index contributed by atoms with van der Waals surface area (Å²) in [6.45, 7) is 6.02. The fraction of sp³-hybridized carbons (Fsp3) is 0.600. The summed E-state index contributed by atoms with van der Waals surface area (Å²) in [7, 11) is 0. The number of thiophene rings is 1. The van der Waals surface area contributed by atoms with Crippen LogP contribution in [0.4, 0.5) is 11.8 Å². The summed E-state index contributed by atoms with van der Waals surface area (Å²) in [5.74, 6) is 1.55. The Hall–Kier alpha value is -1.40. The van der Waals surface area contributed by atoms with Crippen LogP contribution in [0.2, 0.25) is 0 Å². The Bertz CT molecular complexity index is 636. The third kappa shape index (κ3) is 2.96. The van der Waals surface area contributed by atoms with Crippen LogP contribution in [-0.4, -0.2) is 34.8 Å². The Kier molecular flexibility index (Phi) is 3.99. The van der Waals surface area contributed by atoms with E-state index >= 15 is 0 Å². The van der Waals surface area contributed by atoms with E-state index in [-0.39, 0.29) is 12.0 Å². The van der Waals surface area contributed by atoms with Crippen molar-refractivity contribution in [2.45, 2.75) is 33.1 Å². The minimum Gasteiger partial charge on any atom is -0.396 e. The number of fused-ring (bicyclic) bond motifs is 1. The van der Waals surface area contributed by atoms with Crippen LogP contribution in [-0.2, 0) is 6.42 Å². The van der Waals surface area contributed by atoms with Crippen LogP contribution in [0.25, 0.3) is 10.2 Å². The Balaban J connectivity index is 1.91. The van der Waals surface area contributed by atoms with Gasteiger partial charge in [0.1, 0.15) is 10.6 Å². The van der Waals surface area contributed by atoms with Gasteiger partial charge in [0.2, 0.25) is 5.95 Å². The van der Waals surface area contributed by atoms with Crippen LogP contribution in [0.3, 0.4) is 0 Å². The highest BCUT2D eigenvalue weighted by Gasteiger charge is 2.41. The molecule has 0 aromatic carbocycles. The number of hydrogen-bond acceptors (Lipinski definition) is 6. The highest BCUT2D eigenvalue weighted by atomic mass is 32.1. The summed E-state index contributed by atoms with van der Waals surface area (Å²) in [4.78, 5) is 11.5. The molecule has 1 aliphatic rings. The lowest BCUT2D eigenvalue weighted by Gasteiger charge is -2.14. The molecular weight excluding hydrogens is 284 g/mol. The van der Waals surface area contributed by atoms with Gasteiger partial charge in [-0.2, -0.15) is 4.98 Å². The Labute approximate surface area is 128 Å². The van der Waals surface area contributed by atoms with Crippen molar-refractivity contribution in [3.8, 4) is 0 Å². The molecular formula is C15H22N4OS. The summed E-state index contributed by atoms with van der Waals surface area (Å²) in [5, 5.41) is 17.2. The monoisotopic (exact) mass is 306 g/mol. The number of aliphatic hydroxyl groups excluding tert-OH is 1. The Morgan fingerprint density at radius 2 is 2.10 bits per heavy atom. The Morgan fingerprint density at radius 1 is 1.29 bits per heavy atom. The molecule has 21 heavy (non-hydrogen) atoms. The molecule has 2 heterocycles. The smallest absolute Gasteiger partial charge is 0.226 e. The van der Waals surface area contributed by atoms with E-state index in [1.807, 2.05) is 6.92 Å². The maximum atomic E-state index is 9.45. The van der Waals surface area contributed by atoms with Gasteiger partial charge in [-0.25, -0.2) is 4.98 Å². The zero-order chi connectivity index (χ0) is 14.9. The fourth-order valence-corrected chi connectivity index (χ4v) is 3.32. The molecule has 3 N–H and O–H groups in total. The molecule has 2 aromatic heterocycles. The fourth-order valence-electron chi connectivity index (χ4n) is 2.36. The number of aromatic nitrogens is 2. The first-order valence-electron chi connectivity index (χ1n) is 7.59. The van der Waals surface area contributed by atoms with E-state index in [1.165, 1.54) is 4.88 Å². The van der Waals surface area contributed by atoms with Crippen LogP contribution in [0.15, 0.2) is 6.07 Å². The first-order valence-corrected chi connectivity index (χ1v) is 8.40. The van der Waals surface area contributed by atoms with Gasteiger partial charge in [0.25, 0.3) is 0 Å². The summed E-state index contributed by atoms with van der Waals surface area (Å²) in [6, 6.07) is 2.18. The summed E-state index contributed by atoms with van der Waals surface area (Å²) in [5.41, 5.74) is 0.0687. The van der Waals surface area contributed by atoms with Crippen LogP contribution in [0.1, 0.15) is 31.6 Å². The standard InChI is InChI=1S/C15H22N4OS/c1-3-10-7-11-12(17-8-15(9-20)5-6-15)18-14(16-4-2)19-13(11)21-10/h7,20H,3-6,8-9H2,1-2H3,(H2,16,17,18,19). The zero-order valence-electron chi connectivity index (χ0n) is 12.6. The third-order valence-corrected chi connectivity index (χ3v) is 5.22. The van der Waals surface area contributed by atoms with E-state index in [9.17, 15) is 5.11 Å². The number of nitrogens with zero attached hydrogens (tertiary/aromatic N) is 2. The lowest BCUT2D eigenvalue weighted by Crippen LogP contribution is -2.20. The van der Waals surface area contributed by atoms with Crippen molar-refractivity contribution in [3.05, 3.63) is 10.9 Å². The van der Waals surface area contributed by atoms with Crippen molar-refractivity contribution in [3.63, 3.8) is 0 Å². The molecule has 1 aliphatic carbocycles. The lowest BCUT2D eigenvalue weighted by atomic mass is 10.1.